The molecule has 1 heterocycles. The van der Waals surface area contributed by atoms with Gasteiger partial charge in [-0.3, -0.25) is 4.79 Å². The number of nitrogens with zero attached hydrogens (tertiary/aromatic N) is 1. The van der Waals surface area contributed by atoms with Crippen LogP contribution in [-0.4, -0.2) is 24.3 Å². The summed E-state index contributed by atoms with van der Waals surface area (Å²) in [5.41, 5.74) is 3.81. The van der Waals surface area contributed by atoms with Crippen molar-refractivity contribution in [1.29, 1.82) is 0 Å². The van der Waals surface area contributed by atoms with Crippen molar-refractivity contribution >= 4 is 11.6 Å². The molecule has 1 aromatic carbocycles. The van der Waals surface area contributed by atoms with Gasteiger partial charge in [-0.2, -0.15) is 5.10 Å². The average Bonchev–Trinajstić information content (AvgIpc) is 3.00. The van der Waals surface area contributed by atoms with Crippen LogP contribution in [0.5, 0.6) is 5.75 Å². The molecule has 5 heteroatoms. The normalized spacial score (nSPS) is 17.7. The van der Waals surface area contributed by atoms with Crippen molar-refractivity contribution in [3.8, 4) is 5.75 Å². The van der Waals surface area contributed by atoms with Crippen molar-refractivity contribution in [1.82, 2.24) is 5.43 Å². The van der Waals surface area contributed by atoms with Gasteiger partial charge >= 0.3 is 0 Å². The Morgan fingerprint density at radius 3 is 2.80 bits per heavy atom. The lowest BCUT2D eigenvalue weighted by Gasteiger charge is -2.09. The maximum absolute atomic E-state index is 11.9. The molecule has 2 rings (SSSR count). The number of carbonyl (C=O) groups excluding carboxylic acids is 1. The van der Waals surface area contributed by atoms with Crippen LogP contribution in [0.4, 0.5) is 0 Å². The van der Waals surface area contributed by atoms with Crippen LogP contribution in [0, 0.1) is 0 Å². The Balaban J connectivity index is 1.92. The van der Waals surface area contributed by atoms with E-state index in [0.29, 0.717) is 12.2 Å². The second-order valence-electron chi connectivity index (χ2n) is 4.38. The molecule has 1 unspecified atom stereocenters. The van der Waals surface area contributed by atoms with Gasteiger partial charge in [-0.05, 0) is 44.2 Å². The van der Waals surface area contributed by atoms with Crippen LogP contribution in [0.2, 0.25) is 0 Å². The van der Waals surface area contributed by atoms with Crippen LogP contribution in [0.25, 0.3) is 0 Å². The fourth-order valence-electron chi connectivity index (χ4n) is 1.80. The number of benzene rings is 1. The average molecular weight is 274 g/mol. The molecule has 5 nitrogen and oxygen atoms in total. The Labute approximate surface area is 118 Å². The third-order valence-corrected chi connectivity index (χ3v) is 2.92. The number of ether oxygens (including phenoxy) is 2. The summed E-state index contributed by atoms with van der Waals surface area (Å²) in [6.07, 6.45) is 4.29. The van der Waals surface area contributed by atoms with Crippen molar-refractivity contribution in [3.05, 3.63) is 42.2 Å². The summed E-state index contributed by atoms with van der Waals surface area (Å²) in [5.74, 6) is 0.493. The number of amides is 1. The van der Waals surface area contributed by atoms with E-state index in [1.807, 2.05) is 19.9 Å². The van der Waals surface area contributed by atoms with E-state index < -0.39 is 0 Å². The Kier molecular flexibility index (Phi) is 4.76. The standard InChI is InChI=1S/C15H18N2O3/c1-3-19-13-8-6-12(7-9-13)15(18)17-16-11(2)14-5-4-10-20-14/h4,6-10,14H,3,5H2,1-2H3,(H,17,18)/b16-11-. The van der Waals surface area contributed by atoms with Crippen molar-refractivity contribution in [2.24, 2.45) is 5.10 Å². The molecule has 1 aliphatic heterocycles. The lowest BCUT2D eigenvalue weighted by atomic mass is 10.2. The van der Waals surface area contributed by atoms with Crippen LogP contribution in [0.15, 0.2) is 41.7 Å². The van der Waals surface area contributed by atoms with Crippen molar-refractivity contribution in [2.45, 2.75) is 26.4 Å². The van der Waals surface area contributed by atoms with E-state index in [9.17, 15) is 4.79 Å². The molecule has 106 valence electrons. The van der Waals surface area contributed by atoms with Gasteiger partial charge in [-0.1, -0.05) is 0 Å². The lowest BCUT2D eigenvalue weighted by Crippen LogP contribution is -2.24. The van der Waals surface area contributed by atoms with Gasteiger partial charge in [-0.15, -0.1) is 0 Å². The number of hydrogen-bond acceptors (Lipinski definition) is 4. The fourth-order valence-corrected chi connectivity index (χ4v) is 1.80. The van der Waals surface area contributed by atoms with E-state index in [-0.39, 0.29) is 12.0 Å². The predicted octanol–water partition coefficient (Wildman–Crippen LogP) is 2.49. The summed E-state index contributed by atoms with van der Waals surface area (Å²) in [6, 6.07) is 6.94. The lowest BCUT2D eigenvalue weighted by molar-refractivity contribution is 0.0954. The first-order valence-electron chi connectivity index (χ1n) is 6.58. The number of rotatable bonds is 5. The van der Waals surface area contributed by atoms with Crippen molar-refractivity contribution in [3.63, 3.8) is 0 Å². The topological polar surface area (TPSA) is 59.9 Å². The summed E-state index contributed by atoms with van der Waals surface area (Å²) in [5, 5.41) is 4.06. The molecular formula is C15H18N2O3. The van der Waals surface area contributed by atoms with E-state index in [0.717, 1.165) is 17.9 Å². The molecule has 0 saturated carbocycles. The maximum atomic E-state index is 11.9. The zero-order valence-corrected chi connectivity index (χ0v) is 11.6. The Morgan fingerprint density at radius 2 is 2.20 bits per heavy atom. The molecule has 0 aliphatic carbocycles. The molecule has 1 aromatic rings. The van der Waals surface area contributed by atoms with Gasteiger partial charge in [0.05, 0.1) is 18.6 Å². The van der Waals surface area contributed by atoms with Crippen LogP contribution in [0.1, 0.15) is 30.6 Å². The molecule has 1 N–H and O–H groups in total. The minimum absolute atomic E-state index is 0.0735. The van der Waals surface area contributed by atoms with Crippen LogP contribution >= 0.6 is 0 Å². The molecule has 1 amide bonds. The van der Waals surface area contributed by atoms with Crippen molar-refractivity contribution < 1.29 is 14.3 Å². The molecule has 0 bridgehead atoms. The zero-order chi connectivity index (χ0) is 14.4. The SMILES string of the molecule is CCOc1ccc(C(=O)N/N=C(/C)C2CC=CO2)cc1. The molecule has 0 radical (unpaired) electrons. The summed E-state index contributed by atoms with van der Waals surface area (Å²) < 4.78 is 10.6. The molecule has 1 atom stereocenters. The first-order valence-corrected chi connectivity index (χ1v) is 6.58. The number of nitrogens with one attached hydrogen (secondary N) is 1. The smallest absolute Gasteiger partial charge is 0.271 e. The third-order valence-electron chi connectivity index (χ3n) is 2.92. The van der Waals surface area contributed by atoms with Gasteiger partial charge in [-0.25, -0.2) is 5.43 Å². The highest BCUT2D eigenvalue weighted by Crippen LogP contribution is 2.12. The summed E-state index contributed by atoms with van der Waals surface area (Å²) >= 11 is 0. The molecule has 0 spiro atoms. The summed E-state index contributed by atoms with van der Waals surface area (Å²) in [7, 11) is 0. The highest BCUT2D eigenvalue weighted by molar-refractivity contribution is 5.95. The monoisotopic (exact) mass is 274 g/mol. The van der Waals surface area contributed by atoms with Gasteiger partial charge in [0.15, 0.2) is 0 Å². The molecule has 0 saturated heterocycles. The van der Waals surface area contributed by atoms with Crippen LogP contribution in [-0.2, 0) is 4.74 Å². The van der Waals surface area contributed by atoms with Crippen molar-refractivity contribution in [2.75, 3.05) is 6.61 Å². The fraction of sp³-hybridized carbons (Fsp3) is 0.333. The van der Waals surface area contributed by atoms with E-state index >= 15 is 0 Å². The second-order valence-corrected chi connectivity index (χ2v) is 4.38. The first kappa shape index (κ1) is 14.1. The minimum Gasteiger partial charge on any atom is -0.494 e. The zero-order valence-electron chi connectivity index (χ0n) is 11.6. The van der Waals surface area contributed by atoms with E-state index in [4.69, 9.17) is 9.47 Å². The molecule has 1 aliphatic rings. The van der Waals surface area contributed by atoms with Gasteiger partial charge in [0.25, 0.3) is 5.91 Å². The van der Waals surface area contributed by atoms with Crippen LogP contribution < -0.4 is 10.2 Å². The first-order chi connectivity index (χ1) is 9.70. The molecular weight excluding hydrogens is 256 g/mol. The largest absolute Gasteiger partial charge is 0.494 e. The van der Waals surface area contributed by atoms with E-state index in [1.54, 1.807) is 30.5 Å². The Bertz CT molecular complexity index is 512. The quantitative estimate of drug-likeness (QED) is 0.663. The Morgan fingerprint density at radius 1 is 1.45 bits per heavy atom. The van der Waals surface area contributed by atoms with Gasteiger partial charge in [0.1, 0.15) is 11.9 Å². The highest BCUT2D eigenvalue weighted by Gasteiger charge is 2.15. The summed E-state index contributed by atoms with van der Waals surface area (Å²) in [4.78, 5) is 11.9. The van der Waals surface area contributed by atoms with E-state index in [1.165, 1.54) is 0 Å². The summed E-state index contributed by atoms with van der Waals surface area (Å²) in [6.45, 7) is 4.35. The number of hydrogen-bond donors (Lipinski definition) is 1. The predicted molar refractivity (Wildman–Crippen MR) is 76.8 cm³/mol. The number of hydrazone groups is 1. The van der Waals surface area contributed by atoms with Gasteiger partial charge in [0.2, 0.25) is 0 Å². The van der Waals surface area contributed by atoms with Gasteiger partial charge in [0, 0.05) is 12.0 Å². The molecule has 0 aromatic heterocycles. The number of carbonyl (C=O) groups is 1. The van der Waals surface area contributed by atoms with Crippen LogP contribution in [0.3, 0.4) is 0 Å². The maximum Gasteiger partial charge on any atom is 0.271 e. The minimum atomic E-state index is -0.252. The van der Waals surface area contributed by atoms with E-state index in [2.05, 4.69) is 10.5 Å². The molecule has 0 fully saturated rings. The second kappa shape index (κ2) is 6.75. The molecule has 20 heavy (non-hydrogen) atoms. The highest BCUT2D eigenvalue weighted by atomic mass is 16.5. The Hall–Kier alpha value is -2.30. The van der Waals surface area contributed by atoms with Gasteiger partial charge < -0.3 is 9.47 Å². The third kappa shape index (κ3) is 3.60.